The van der Waals surface area contributed by atoms with E-state index in [1.54, 1.807) is 18.2 Å². The number of benzene rings is 2. The van der Waals surface area contributed by atoms with Crippen LogP contribution in [-0.2, 0) is 10.0 Å². The predicted molar refractivity (Wildman–Crippen MR) is 77.5 cm³/mol. The van der Waals surface area contributed by atoms with Crippen LogP contribution in [0.1, 0.15) is 11.1 Å². The molecule has 0 heterocycles. The molecule has 4 nitrogen and oxygen atoms in total. The van der Waals surface area contributed by atoms with Crippen molar-refractivity contribution in [3.63, 3.8) is 0 Å². The van der Waals surface area contributed by atoms with Gasteiger partial charge in [-0.15, -0.1) is 0 Å². The van der Waals surface area contributed by atoms with Crippen LogP contribution >= 0.6 is 0 Å². The maximum absolute atomic E-state index is 13.0. The summed E-state index contributed by atoms with van der Waals surface area (Å²) in [5.41, 5.74) is 7.61. The average molecular weight is 294 g/mol. The van der Waals surface area contributed by atoms with Crippen LogP contribution in [0, 0.1) is 19.7 Å². The molecule has 2 aromatic carbocycles. The van der Waals surface area contributed by atoms with Gasteiger partial charge in [-0.3, -0.25) is 4.72 Å². The lowest BCUT2D eigenvalue weighted by Crippen LogP contribution is -2.15. The number of aryl methyl sites for hydroxylation is 2. The summed E-state index contributed by atoms with van der Waals surface area (Å²) >= 11 is 0. The van der Waals surface area contributed by atoms with Crippen molar-refractivity contribution in [2.75, 3.05) is 10.5 Å². The molecule has 2 aromatic rings. The van der Waals surface area contributed by atoms with Crippen LogP contribution in [0.5, 0.6) is 0 Å². The van der Waals surface area contributed by atoms with Crippen molar-refractivity contribution < 1.29 is 12.8 Å². The third-order valence-electron chi connectivity index (χ3n) is 2.88. The fourth-order valence-corrected chi connectivity index (χ4v) is 3.18. The topological polar surface area (TPSA) is 72.2 Å². The van der Waals surface area contributed by atoms with E-state index >= 15 is 0 Å². The van der Waals surface area contributed by atoms with E-state index in [0.717, 1.165) is 11.6 Å². The fourth-order valence-electron chi connectivity index (χ4n) is 1.87. The normalized spacial score (nSPS) is 11.3. The van der Waals surface area contributed by atoms with Crippen molar-refractivity contribution in [1.29, 1.82) is 0 Å². The summed E-state index contributed by atoms with van der Waals surface area (Å²) in [6.07, 6.45) is 0. The Morgan fingerprint density at radius 2 is 1.80 bits per heavy atom. The summed E-state index contributed by atoms with van der Waals surface area (Å²) < 4.78 is 40.1. The molecular formula is C14H15FN2O2S. The number of nitrogen functional groups attached to an aromatic ring is 1. The number of anilines is 2. The van der Waals surface area contributed by atoms with Gasteiger partial charge in [-0.25, -0.2) is 12.8 Å². The van der Waals surface area contributed by atoms with Gasteiger partial charge in [-0.1, -0.05) is 6.07 Å². The van der Waals surface area contributed by atoms with Crippen LogP contribution in [0.25, 0.3) is 0 Å². The van der Waals surface area contributed by atoms with E-state index in [1.807, 2.05) is 6.92 Å². The summed E-state index contributed by atoms with van der Waals surface area (Å²) in [6, 6.07) is 8.58. The molecule has 20 heavy (non-hydrogen) atoms. The first-order valence-electron chi connectivity index (χ1n) is 5.95. The maximum Gasteiger partial charge on any atom is 0.262 e. The summed E-state index contributed by atoms with van der Waals surface area (Å²) in [4.78, 5) is 0.0276. The minimum Gasteiger partial charge on any atom is -0.397 e. The van der Waals surface area contributed by atoms with Crippen molar-refractivity contribution in [1.82, 2.24) is 0 Å². The minimum atomic E-state index is -3.80. The van der Waals surface area contributed by atoms with E-state index in [4.69, 9.17) is 5.73 Å². The quantitative estimate of drug-likeness (QED) is 0.855. The Hall–Kier alpha value is -2.08. The second-order valence-electron chi connectivity index (χ2n) is 4.61. The van der Waals surface area contributed by atoms with E-state index in [-0.39, 0.29) is 4.90 Å². The van der Waals surface area contributed by atoms with Crippen LogP contribution < -0.4 is 10.5 Å². The molecule has 0 aliphatic rings. The second kappa shape index (κ2) is 5.13. The molecule has 2 rings (SSSR count). The Balaban J connectivity index is 2.43. The molecule has 6 heteroatoms. The molecule has 0 radical (unpaired) electrons. The smallest absolute Gasteiger partial charge is 0.262 e. The molecule has 106 valence electrons. The first kappa shape index (κ1) is 14.3. The number of hydrogen-bond donors (Lipinski definition) is 2. The highest BCUT2D eigenvalue weighted by Crippen LogP contribution is 2.25. The lowest BCUT2D eigenvalue weighted by atomic mass is 10.2. The van der Waals surface area contributed by atoms with Crippen molar-refractivity contribution in [3.8, 4) is 0 Å². The van der Waals surface area contributed by atoms with E-state index in [1.165, 1.54) is 19.1 Å². The Labute approximate surface area is 117 Å². The van der Waals surface area contributed by atoms with Crippen molar-refractivity contribution >= 4 is 21.4 Å². The third-order valence-corrected chi connectivity index (χ3v) is 4.41. The highest BCUT2D eigenvalue weighted by atomic mass is 32.2. The van der Waals surface area contributed by atoms with Gasteiger partial charge in [-0.05, 0) is 55.3 Å². The monoisotopic (exact) mass is 294 g/mol. The number of nitrogens with one attached hydrogen (secondary N) is 1. The maximum atomic E-state index is 13.0. The van der Waals surface area contributed by atoms with Gasteiger partial charge < -0.3 is 5.73 Å². The van der Waals surface area contributed by atoms with Gasteiger partial charge >= 0.3 is 0 Å². The highest BCUT2D eigenvalue weighted by molar-refractivity contribution is 7.92. The summed E-state index contributed by atoms with van der Waals surface area (Å²) in [5, 5.41) is 0. The molecule has 0 aliphatic carbocycles. The second-order valence-corrected chi connectivity index (χ2v) is 6.26. The number of halogens is 1. The SMILES string of the molecule is Cc1ccc(N)c(NS(=O)(=O)c2ccc(F)cc2C)c1. The molecule has 0 saturated heterocycles. The minimum absolute atomic E-state index is 0.0276. The number of rotatable bonds is 3. The van der Waals surface area contributed by atoms with Gasteiger partial charge in [0.1, 0.15) is 5.82 Å². The van der Waals surface area contributed by atoms with E-state index in [0.29, 0.717) is 16.9 Å². The van der Waals surface area contributed by atoms with E-state index in [2.05, 4.69) is 4.72 Å². The molecule has 0 amide bonds. The van der Waals surface area contributed by atoms with Gasteiger partial charge in [0, 0.05) is 0 Å². The van der Waals surface area contributed by atoms with Gasteiger partial charge in [0.15, 0.2) is 0 Å². The summed E-state index contributed by atoms with van der Waals surface area (Å²) in [6.45, 7) is 3.37. The highest BCUT2D eigenvalue weighted by Gasteiger charge is 2.18. The Morgan fingerprint density at radius 1 is 1.10 bits per heavy atom. The molecule has 0 saturated carbocycles. The van der Waals surface area contributed by atoms with Crippen LogP contribution in [-0.4, -0.2) is 8.42 Å². The van der Waals surface area contributed by atoms with Gasteiger partial charge in [0.2, 0.25) is 0 Å². The molecule has 0 aromatic heterocycles. The molecule has 0 fully saturated rings. The first-order chi connectivity index (χ1) is 9.29. The zero-order valence-corrected chi connectivity index (χ0v) is 12.0. The van der Waals surface area contributed by atoms with Crippen LogP contribution in [0.15, 0.2) is 41.3 Å². The first-order valence-corrected chi connectivity index (χ1v) is 7.43. The molecule has 0 bridgehead atoms. The van der Waals surface area contributed by atoms with Crippen molar-refractivity contribution in [2.45, 2.75) is 18.7 Å². The Morgan fingerprint density at radius 3 is 2.45 bits per heavy atom. The van der Waals surface area contributed by atoms with Crippen molar-refractivity contribution in [3.05, 3.63) is 53.3 Å². The van der Waals surface area contributed by atoms with E-state index < -0.39 is 15.8 Å². The molecule has 3 N–H and O–H groups in total. The molecule has 0 atom stereocenters. The van der Waals surface area contributed by atoms with E-state index in [9.17, 15) is 12.8 Å². The zero-order chi connectivity index (χ0) is 14.9. The summed E-state index contributed by atoms with van der Waals surface area (Å²) in [5.74, 6) is -0.475. The van der Waals surface area contributed by atoms with Crippen molar-refractivity contribution in [2.24, 2.45) is 0 Å². The summed E-state index contributed by atoms with van der Waals surface area (Å²) in [7, 11) is -3.80. The fraction of sp³-hybridized carbons (Fsp3) is 0.143. The molecular weight excluding hydrogens is 279 g/mol. The lowest BCUT2D eigenvalue weighted by molar-refractivity contribution is 0.598. The third kappa shape index (κ3) is 2.91. The largest absolute Gasteiger partial charge is 0.397 e. The number of hydrogen-bond acceptors (Lipinski definition) is 3. The number of sulfonamides is 1. The van der Waals surface area contributed by atoms with Gasteiger partial charge in [0.25, 0.3) is 10.0 Å². The van der Waals surface area contributed by atoms with Gasteiger partial charge in [0.05, 0.1) is 16.3 Å². The Kier molecular flexibility index (Phi) is 3.67. The van der Waals surface area contributed by atoms with Crippen LogP contribution in [0.4, 0.5) is 15.8 Å². The lowest BCUT2D eigenvalue weighted by Gasteiger charge is -2.12. The van der Waals surface area contributed by atoms with Gasteiger partial charge in [-0.2, -0.15) is 0 Å². The molecule has 0 unspecified atom stereocenters. The standard InChI is InChI=1S/C14H15FN2O2S/c1-9-3-5-12(16)13(7-9)17-20(18,19)14-6-4-11(15)8-10(14)2/h3-8,17H,16H2,1-2H3. The number of nitrogens with two attached hydrogens (primary N) is 1. The molecule has 0 aliphatic heterocycles. The van der Waals surface area contributed by atoms with Crippen LogP contribution in [0.2, 0.25) is 0 Å². The average Bonchev–Trinajstić information content (AvgIpc) is 2.33. The Bertz CT molecular complexity index is 758. The zero-order valence-electron chi connectivity index (χ0n) is 11.1. The van der Waals surface area contributed by atoms with Crippen LogP contribution in [0.3, 0.4) is 0 Å². The molecule has 0 spiro atoms. The predicted octanol–water partition coefficient (Wildman–Crippen LogP) is 2.83.